The molecular formula is C14H7BrF3NS. The Balaban J connectivity index is 2.37. The van der Waals surface area contributed by atoms with Gasteiger partial charge >= 0.3 is 6.18 Å². The van der Waals surface area contributed by atoms with Crippen molar-refractivity contribution in [2.24, 2.45) is 0 Å². The Kier molecular flexibility index (Phi) is 4.41. The molecule has 0 aliphatic carbocycles. The summed E-state index contributed by atoms with van der Waals surface area (Å²) in [6.45, 7) is 0. The van der Waals surface area contributed by atoms with Crippen molar-refractivity contribution in [1.29, 1.82) is 5.26 Å². The number of nitriles is 1. The number of nitrogens with zero attached hydrogens (tertiary/aromatic N) is 1. The van der Waals surface area contributed by atoms with Crippen molar-refractivity contribution in [1.82, 2.24) is 0 Å². The first kappa shape index (κ1) is 14.9. The smallest absolute Gasteiger partial charge is 0.192 e. The van der Waals surface area contributed by atoms with Gasteiger partial charge in [-0.3, -0.25) is 0 Å². The summed E-state index contributed by atoms with van der Waals surface area (Å²) in [5, 5.41) is 8.86. The van der Waals surface area contributed by atoms with Gasteiger partial charge in [-0.15, -0.1) is 0 Å². The molecule has 6 heteroatoms. The minimum absolute atomic E-state index is 0.366. The van der Waals surface area contributed by atoms with Crippen molar-refractivity contribution in [3.8, 4) is 6.07 Å². The lowest BCUT2D eigenvalue weighted by Gasteiger charge is -2.10. The van der Waals surface area contributed by atoms with Gasteiger partial charge in [-0.2, -0.15) is 18.4 Å². The van der Waals surface area contributed by atoms with Crippen LogP contribution in [0.5, 0.6) is 0 Å². The predicted octanol–water partition coefficient (Wildman–Crippen LogP) is 5.49. The average molecular weight is 358 g/mol. The van der Waals surface area contributed by atoms with E-state index < -0.39 is 11.7 Å². The third kappa shape index (κ3) is 3.35. The van der Waals surface area contributed by atoms with E-state index >= 15 is 0 Å². The quantitative estimate of drug-likeness (QED) is 0.709. The molecule has 0 aromatic heterocycles. The molecule has 0 aliphatic heterocycles. The molecular weight excluding hydrogens is 351 g/mol. The molecule has 102 valence electrons. The Morgan fingerprint density at radius 2 is 1.80 bits per heavy atom. The van der Waals surface area contributed by atoms with Crippen LogP contribution < -0.4 is 0 Å². The molecule has 2 rings (SSSR count). The number of halogens is 4. The third-order valence-electron chi connectivity index (χ3n) is 2.48. The van der Waals surface area contributed by atoms with Crippen molar-refractivity contribution in [2.45, 2.75) is 16.0 Å². The largest absolute Gasteiger partial charge is 0.417 e. The molecule has 0 heterocycles. The SMILES string of the molecule is N#Cc1cc(Sc2ccccc2Br)ccc1C(F)(F)F. The summed E-state index contributed by atoms with van der Waals surface area (Å²) < 4.78 is 38.9. The Morgan fingerprint density at radius 1 is 1.10 bits per heavy atom. The van der Waals surface area contributed by atoms with Crippen LogP contribution in [0, 0.1) is 11.3 Å². The van der Waals surface area contributed by atoms with Gasteiger partial charge in [0.05, 0.1) is 17.2 Å². The van der Waals surface area contributed by atoms with E-state index in [2.05, 4.69) is 15.9 Å². The molecule has 20 heavy (non-hydrogen) atoms. The second kappa shape index (κ2) is 5.90. The molecule has 2 aromatic rings. The molecule has 0 N–H and O–H groups in total. The van der Waals surface area contributed by atoms with E-state index in [4.69, 9.17) is 5.26 Å². The first-order valence-corrected chi connectivity index (χ1v) is 7.06. The highest BCUT2D eigenvalue weighted by Crippen LogP contribution is 2.37. The zero-order chi connectivity index (χ0) is 14.8. The Morgan fingerprint density at radius 3 is 2.40 bits per heavy atom. The van der Waals surface area contributed by atoms with Crippen LogP contribution in [0.2, 0.25) is 0 Å². The van der Waals surface area contributed by atoms with E-state index in [1.165, 1.54) is 23.9 Å². The highest BCUT2D eigenvalue weighted by atomic mass is 79.9. The first-order valence-electron chi connectivity index (χ1n) is 5.45. The monoisotopic (exact) mass is 357 g/mol. The van der Waals surface area contributed by atoms with Crippen molar-refractivity contribution in [3.63, 3.8) is 0 Å². The summed E-state index contributed by atoms with van der Waals surface area (Å²) in [5.41, 5.74) is -1.27. The van der Waals surface area contributed by atoms with Gasteiger partial charge in [0, 0.05) is 14.3 Å². The molecule has 2 aromatic carbocycles. The molecule has 0 spiro atoms. The van der Waals surface area contributed by atoms with Gasteiger partial charge in [0.25, 0.3) is 0 Å². The van der Waals surface area contributed by atoms with Gasteiger partial charge in [-0.25, -0.2) is 0 Å². The molecule has 0 saturated carbocycles. The number of hydrogen-bond acceptors (Lipinski definition) is 2. The maximum absolute atomic E-state index is 12.7. The fraction of sp³-hybridized carbons (Fsp3) is 0.0714. The van der Waals surface area contributed by atoms with Gasteiger partial charge in [0.15, 0.2) is 0 Å². The van der Waals surface area contributed by atoms with Gasteiger partial charge in [-0.1, -0.05) is 23.9 Å². The second-order valence-electron chi connectivity index (χ2n) is 3.85. The van der Waals surface area contributed by atoms with E-state index in [1.54, 1.807) is 6.07 Å². The van der Waals surface area contributed by atoms with Crippen LogP contribution in [0.15, 0.2) is 56.7 Å². The van der Waals surface area contributed by atoms with E-state index in [9.17, 15) is 13.2 Å². The maximum Gasteiger partial charge on any atom is 0.417 e. The zero-order valence-electron chi connectivity index (χ0n) is 9.91. The van der Waals surface area contributed by atoms with E-state index in [1.807, 2.05) is 24.3 Å². The van der Waals surface area contributed by atoms with Crippen LogP contribution in [0.4, 0.5) is 13.2 Å². The number of alkyl halides is 3. The van der Waals surface area contributed by atoms with E-state index in [0.717, 1.165) is 15.4 Å². The lowest BCUT2D eigenvalue weighted by atomic mass is 10.1. The number of benzene rings is 2. The summed E-state index contributed by atoms with van der Waals surface area (Å²) in [6, 6.07) is 12.5. The zero-order valence-corrected chi connectivity index (χ0v) is 12.3. The fourth-order valence-electron chi connectivity index (χ4n) is 1.58. The molecule has 0 radical (unpaired) electrons. The normalized spacial score (nSPS) is 11.2. The standard InChI is InChI=1S/C14H7BrF3NS/c15-12-3-1-2-4-13(12)20-10-5-6-11(14(16,17)18)9(7-10)8-19/h1-7H. The van der Waals surface area contributed by atoms with Gasteiger partial charge < -0.3 is 0 Å². The summed E-state index contributed by atoms with van der Waals surface area (Å²) in [5.74, 6) is 0. The lowest BCUT2D eigenvalue weighted by Crippen LogP contribution is -2.07. The summed E-state index contributed by atoms with van der Waals surface area (Å²) >= 11 is 4.67. The number of hydrogen-bond donors (Lipinski definition) is 0. The van der Waals surface area contributed by atoms with Gasteiger partial charge in [0.1, 0.15) is 0 Å². The van der Waals surface area contributed by atoms with Crippen LogP contribution in [-0.2, 0) is 6.18 Å². The summed E-state index contributed by atoms with van der Waals surface area (Å²) in [6.07, 6.45) is -4.51. The van der Waals surface area contributed by atoms with E-state index in [-0.39, 0.29) is 5.56 Å². The van der Waals surface area contributed by atoms with Crippen molar-refractivity contribution < 1.29 is 13.2 Å². The second-order valence-corrected chi connectivity index (χ2v) is 5.82. The van der Waals surface area contributed by atoms with Crippen molar-refractivity contribution >= 4 is 27.7 Å². The summed E-state index contributed by atoms with van der Waals surface area (Å²) in [7, 11) is 0. The molecule has 0 saturated heterocycles. The highest BCUT2D eigenvalue weighted by molar-refractivity contribution is 9.10. The summed E-state index contributed by atoms with van der Waals surface area (Å²) in [4.78, 5) is 1.46. The lowest BCUT2D eigenvalue weighted by molar-refractivity contribution is -0.137. The van der Waals surface area contributed by atoms with Gasteiger partial charge in [-0.05, 0) is 46.3 Å². The van der Waals surface area contributed by atoms with E-state index in [0.29, 0.717) is 4.90 Å². The first-order chi connectivity index (χ1) is 9.41. The average Bonchev–Trinajstić information content (AvgIpc) is 2.40. The minimum atomic E-state index is -4.51. The van der Waals surface area contributed by atoms with Crippen molar-refractivity contribution in [3.05, 3.63) is 58.1 Å². The highest BCUT2D eigenvalue weighted by Gasteiger charge is 2.33. The predicted molar refractivity (Wildman–Crippen MR) is 74.4 cm³/mol. The Hall–Kier alpha value is -1.45. The molecule has 0 aliphatic rings. The molecule has 0 amide bonds. The number of rotatable bonds is 2. The molecule has 0 unspecified atom stereocenters. The van der Waals surface area contributed by atoms with Crippen LogP contribution in [-0.4, -0.2) is 0 Å². The molecule has 0 atom stereocenters. The maximum atomic E-state index is 12.7. The van der Waals surface area contributed by atoms with Gasteiger partial charge in [0.2, 0.25) is 0 Å². The molecule has 0 fully saturated rings. The van der Waals surface area contributed by atoms with Crippen LogP contribution in [0.25, 0.3) is 0 Å². The Labute approximate surface area is 126 Å². The Bertz CT molecular complexity index is 677. The van der Waals surface area contributed by atoms with Crippen LogP contribution >= 0.6 is 27.7 Å². The van der Waals surface area contributed by atoms with Crippen LogP contribution in [0.1, 0.15) is 11.1 Å². The third-order valence-corrected chi connectivity index (χ3v) is 4.50. The molecule has 1 nitrogen and oxygen atoms in total. The molecule has 0 bridgehead atoms. The van der Waals surface area contributed by atoms with Crippen LogP contribution in [0.3, 0.4) is 0 Å². The topological polar surface area (TPSA) is 23.8 Å². The van der Waals surface area contributed by atoms with Crippen molar-refractivity contribution in [2.75, 3.05) is 0 Å². The fourth-order valence-corrected chi connectivity index (χ4v) is 2.99. The minimum Gasteiger partial charge on any atom is -0.192 e.